The fraction of sp³-hybridized carbons (Fsp3) is 0.944. The van der Waals surface area contributed by atoms with Crippen LogP contribution >= 0.6 is 0 Å². The van der Waals surface area contributed by atoms with Gasteiger partial charge in [-0.3, -0.25) is 4.79 Å². The van der Waals surface area contributed by atoms with E-state index in [1.165, 1.54) is 7.11 Å². The van der Waals surface area contributed by atoms with E-state index in [9.17, 15) is 15.0 Å². The van der Waals surface area contributed by atoms with E-state index in [1.54, 1.807) is 13.8 Å². The van der Waals surface area contributed by atoms with E-state index in [1.807, 2.05) is 13.8 Å². The SMILES string of the molecule is CCC[C@@H](C(=O)OC)[C@@H]1C[C@@H](O)[C@]2(OC(C)(C)O[C@H]2CC)[C@@H](CO)O1. The maximum Gasteiger partial charge on any atom is 0.311 e. The first-order valence-electron chi connectivity index (χ1n) is 9.15. The van der Waals surface area contributed by atoms with Crippen LogP contribution in [0.1, 0.15) is 53.4 Å². The maximum atomic E-state index is 12.1. The molecule has 7 heteroatoms. The Labute approximate surface area is 149 Å². The van der Waals surface area contributed by atoms with E-state index in [0.717, 1.165) is 6.42 Å². The third kappa shape index (κ3) is 3.71. The number of aliphatic hydroxyl groups is 2. The smallest absolute Gasteiger partial charge is 0.311 e. The zero-order chi connectivity index (χ0) is 18.8. The highest BCUT2D eigenvalue weighted by atomic mass is 16.8. The molecule has 0 bridgehead atoms. The minimum Gasteiger partial charge on any atom is -0.469 e. The highest BCUT2D eigenvalue weighted by Gasteiger charge is 2.64. The molecule has 25 heavy (non-hydrogen) atoms. The molecular weight excluding hydrogens is 328 g/mol. The van der Waals surface area contributed by atoms with Crippen LogP contribution < -0.4 is 0 Å². The summed E-state index contributed by atoms with van der Waals surface area (Å²) in [5.74, 6) is -1.72. The van der Waals surface area contributed by atoms with Gasteiger partial charge in [0, 0.05) is 6.42 Å². The van der Waals surface area contributed by atoms with Crippen LogP contribution in [0.5, 0.6) is 0 Å². The van der Waals surface area contributed by atoms with Crippen LogP contribution in [0, 0.1) is 5.92 Å². The van der Waals surface area contributed by atoms with Crippen LogP contribution in [-0.4, -0.2) is 65.7 Å². The van der Waals surface area contributed by atoms with Crippen LogP contribution in [0.3, 0.4) is 0 Å². The molecule has 0 aromatic rings. The second kappa shape index (κ2) is 7.88. The van der Waals surface area contributed by atoms with Crippen molar-refractivity contribution in [2.24, 2.45) is 5.92 Å². The molecule has 1 spiro atoms. The summed E-state index contributed by atoms with van der Waals surface area (Å²) in [6, 6.07) is 0. The molecule has 2 aliphatic heterocycles. The Morgan fingerprint density at radius 1 is 1.32 bits per heavy atom. The van der Waals surface area contributed by atoms with E-state index in [0.29, 0.717) is 12.8 Å². The third-order valence-electron chi connectivity index (χ3n) is 5.26. The number of carbonyl (C=O) groups is 1. The Morgan fingerprint density at radius 2 is 2.00 bits per heavy atom. The third-order valence-corrected chi connectivity index (χ3v) is 5.26. The molecular formula is C18H32O7. The fourth-order valence-electron chi connectivity index (χ4n) is 4.26. The number of methoxy groups -OCH3 is 1. The summed E-state index contributed by atoms with van der Waals surface area (Å²) in [6.45, 7) is 7.16. The number of carbonyl (C=O) groups excluding carboxylic acids is 1. The normalized spacial score (nSPS) is 38.7. The van der Waals surface area contributed by atoms with Crippen molar-refractivity contribution in [1.82, 2.24) is 0 Å². The molecule has 2 aliphatic rings. The Kier molecular flexibility index (Phi) is 6.49. The highest BCUT2D eigenvalue weighted by Crippen LogP contribution is 2.48. The standard InChI is InChI=1S/C18H32O7/c1-6-8-11(16(21)22-5)12-9-13(20)18(15(10-19)23-12)14(7-2)24-17(3,4)25-18/h11-15,19-20H,6-10H2,1-5H3/t11-,12+,13-,14+,15-,18-/m1/s1. The largest absolute Gasteiger partial charge is 0.469 e. The minimum atomic E-state index is -1.14. The van der Waals surface area contributed by atoms with Crippen molar-refractivity contribution in [1.29, 1.82) is 0 Å². The van der Waals surface area contributed by atoms with Crippen molar-refractivity contribution < 1.29 is 34.0 Å². The van der Waals surface area contributed by atoms with Gasteiger partial charge >= 0.3 is 5.97 Å². The van der Waals surface area contributed by atoms with Crippen molar-refractivity contribution in [3.63, 3.8) is 0 Å². The number of hydrogen-bond donors (Lipinski definition) is 2. The highest BCUT2D eigenvalue weighted by molar-refractivity contribution is 5.73. The lowest BCUT2D eigenvalue weighted by atomic mass is 9.76. The van der Waals surface area contributed by atoms with Gasteiger partial charge in [-0.1, -0.05) is 20.3 Å². The zero-order valence-corrected chi connectivity index (χ0v) is 15.9. The van der Waals surface area contributed by atoms with Gasteiger partial charge < -0.3 is 29.2 Å². The van der Waals surface area contributed by atoms with Crippen molar-refractivity contribution in [3.05, 3.63) is 0 Å². The summed E-state index contributed by atoms with van der Waals surface area (Å²) >= 11 is 0. The number of aliphatic hydroxyl groups excluding tert-OH is 2. The number of ether oxygens (including phenoxy) is 4. The molecule has 0 radical (unpaired) electrons. The number of esters is 1. The quantitative estimate of drug-likeness (QED) is 0.691. The molecule has 2 fully saturated rings. The Hall–Kier alpha value is -0.730. The lowest BCUT2D eigenvalue weighted by molar-refractivity contribution is -0.273. The summed E-state index contributed by atoms with van der Waals surface area (Å²) < 4.78 is 23.0. The van der Waals surface area contributed by atoms with Crippen LogP contribution in [0.4, 0.5) is 0 Å². The summed E-state index contributed by atoms with van der Waals surface area (Å²) in [7, 11) is 1.35. The Bertz CT molecular complexity index is 466. The van der Waals surface area contributed by atoms with Crippen LogP contribution in [-0.2, 0) is 23.7 Å². The van der Waals surface area contributed by atoms with E-state index in [-0.39, 0.29) is 19.0 Å². The first-order chi connectivity index (χ1) is 11.8. The minimum absolute atomic E-state index is 0.228. The van der Waals surface area contributed by atoms with E-state index in [4.69, 9.17) is 18.9 Å². The summed E-state index contributed by atoms with van der Waals surface area (Å²) in [4.78, 5) is 12.1. The Balaban J connectivity index is 2.30. The molecule has 0 amide bonds. The molecule has 7 nitrogen and oxygen atoms in total. The van der Waals surface area contributed by atoms with Crippen LogP contribution in [0.15, 0.2) is 0 Å². The van der Waals surface area contributed by atoms with Gasteiger partial charge in [0.05, 0.1) is 37.9 Å². The van der Waals surface area contributed by atoms with Crippen LogP contribution in [0.2, 0.25) is 0 Å². The zero-order valence-electron chi connectivity index (χ0n) is 15.9. The predicted molar refractivity (Wildman–Crippen MR) is 89.8 cm³/mol. The van der Waals surface area contributed by atoms with Gasteiger partial charge in [-0.15, -0.1) is 0 Å². The molecule has 0 aromatic carbocycles. The van der Waals surface area contributed by atoms with Crippen LogP contribution in [0.25, 0.3) is 0 Å². The molecule has 2 heterocycles. The summed E-state index contributed by atoms with van der Waals surface area (Å²) in [5, 5.41) is 20.9. The second-order valence-corrected chi connectivity index (χ2v) is 7.39. The molecule has 0 aromatic heterocycles. The average molecular weight is 360 g/mol. The first-order valence-corrected chi connectivity index (χ1v) is 9.15. The van der Waals surface area contributed by atoms with Crippen molar-refractivity contribution >= 4 is 5.97 Å². The molecule has 2 rings (SSSR count). The molecule has 6 atom stereocenters. The van der Waals surface area contributed by atoms with E-state index < -0.39 is 41.7 Å². The van der Waals surface area contributed by atoms with Crippen molar-refractivity contribution in [3.8, 4) is 0 Å². The molecule has 0 unspecified atom stereocenters. The monoisotopic (exact) mass is 360 g/mol. The topological polar surface area (TPSA) is 94.5 Å². The van der Waals surface area contributed by atoms with Crippen molar-refractivity contribution in [2.75, 3.05) is 13.7 Å². The molecule has 146 valence electrons. The number of rotatable bonds is 6. The fourth-order valence-corrected chi connectivity index (χ4v) is 4.26. The van der Waals surface area contributed by atoms with Gasteiger partial charge in [-0.25, -0.2) is 0 Å². The summed E-state index contributed by atoms with van der Waals surface area (Å²) in [5.41, 5.74) is -1.14. The van der Waals surface area contributed by atoms with Gasteiger partial charge in [-0.2, -0.15) is 0 Å². The average Bonchev–Trinajstić information content (AvgIpc) is 2.86. The van der Waals surface area contributed by atoms with Crippen molar-refractivity contribution in [2.45, 2.75) is 89.2 Å². The van der Waals surface area contributed by atoms with E-state index in [2.05, 4.69) is 0 Å². The number of hydrogen-bond acceptors (Lipinski definition) is 7. The van der Waals surface area contributed by atoms with Gasteiger partial charge in [0.2, 0.25) is 0 Å². The molecule has 0 aliphatic carbocycles. The first kappa shape index (κ1) is 20.6. The molecule has 0 saturated carbocycles. The summed E-state index contributed by atoms with van der Waals surface area (Å²) in [6.07, 6.45) is -0.416. The van der Waals surface area contributed by atoms with Gasteiger partial charge in [-0.05, 0) is 26.7 Å². The lowest BCUT2D eigenvalue weighted by Gasteiger charge is -2.49. The van der Waals surface area contributed by atoms with Gasteiger partial charge in [0.1, 0.15) is 6.10 Å². The second-order valence-electron chi connectivity index (χ2n) is 7.39. The van der Waals surface area contributed by atoms with Gasteiger partial charge in [0.15, 0.2) is 11.4 Å². The lowest BCUT2D eigenvalue weighted by Crippen LogP contribution is -2.66. The maximum absolute atomic E-state index is 12.1. The predicted octanol–water partition coefficient (Wildman–Crippen LogP) is 1.39. The van der Waals surface area contributed by atoms with E-state index >= 15 is 0 Å². The van der Waals surface area contributed by atoms with Gasteiger partial charge in [0.25, 0.3) is 0 Å². The molecule has 2 N–H and O–H groups in total. The Morgan fingerprint density at radius 3 is 2.52 bits per heavy atom. The molecule has 2 saturated heterocycles.